The second-order valence-corrected chi connectivity index (χ2v) is 4.80. The average Bonchev–Trinajstić information content (AvgIpc) is 2.70. The quantitative estimate of drug-likeness (QED) is 0.447. The first-order chi connectivity index (χ1) is 8.01. The second kappa shape index (κ2) is 5.79. The number of rotatable bonds is 5. The molecule has 88 valence electrons. The van der Waals surface area contributed by atoms with E-state index in [-0.39, 0.29) is 10.6 Å². The first-order valence-electron chi connectivity index (χ1n) is 4.37. The van der Waals surface area contributed by atoms with Crippen molar-refractivity contribution >= 4 is 32.2 Å². The van der Waals surface area contributed by atoms with Crippen LogP contribution in [0.15, 0.2) is 24.8 Å². The van der Waals surface area contributed by atoms with Crippen LogP contribution in [0.25, 0.3) is 5.57 Å². The minimum atomic E-state index is -0.791. The van der Waals surface area contributed by atoms with Crippen molar-refractivity contribution < 1.29 is 29.1 Å². The molecule has 0 atom stereocenters. The molecular weight excluding hydrogens is 412 g/mol. The first kappa shape index (κ1) is 13.7. The third kappa shape index (κ3) is 3.05. The maximum atomic E-state index is 11.1. The van der Waals surface area contributed by atoms with Crippen LogP contribution in [0.3, 0.4) is 0 Å². The fourth-order valence-corrected chi connectivity index (χ4v) is 3.15. The Morgan fingerprint density at radius 2 is 2.29 bits per heavy atom. The van der Waals surface area contributed by atoms with Crippen molar-refractivity contribution in [2.24, 2.45) is 5.73 Å². The Bertz CT molecular complexity index is 502. The molecule has 0 aliphatic carbocycles. The third-order valence-corrected chi connectivity index (χ3v) is 3.90. The predicted octanol–water partition coefficient (Wildman–Crippen LogP) is 1.67. The molecule has 0 bridgehead atoms. The number of hydrogen-bond acceptors (Lipinski definition) is 4. The van der Waals surface area contributed by atoms with E-state index in [0.29, 0.717) is 4.88 Å². The Morgan fingerprint density at radius 3 is 2.65 bits per heavy atom. The van der Waals surface area contributed by atoms with Crippen molar-refractivity contribution in [3.63, 3.8) is 0 Å². The summed E-state index contributed by atoms with van der Waals surface area (Å²) < 4.78 is 1.86. The van der Waals surface area contributed by atoms with Gasteiger partial charge in [-0.25, -0.2) is 0 Å². The van der Waals surface area contributed by atoms with E-state index >= 15 is 0 Å². The first-order valence-corrected chi connectivity index (χ1v) is 6.88. The van der Waals surface area contributed by atoms with Crippen LogP contribution >= 0.6 is 11.3 Å². The van der Waals surface area contributed by atoms with Gasteiger partial charge in [-0.05, 0) is 0 Å². The molecule has 5 nitrogen and oxygen atoms in total. The zero-order valence-corrected chi connectivity index (χ0v) is 12.3. The van der Waals surface area contributed by atoms with E-state index in [1.54, 1.807) is 12.2 Å². The molecule has 0 saturated heterocycles. The molecule has 1 aromatic rings. The van der Waals surface area contributed by atoms with Gasteiger partial charge in [-0.15, -0.1) is 0 Å². The van der Waals surface area contributed by atoms with Crippen LogP contribution in [-0.4, -0.2) is 15.2 Å². The van der Waals surface area contributed by atoms with Gasteiger partial charge >= 0.3 is 112 Å². The summed E-state index contributed by atoms with van der Waals surface area (Å²) >= 11 is 2.13. The van der Waals surface area contributed by atoms with Gasteiger partial charge in [0.25, 0.3) is 0 Å². The van der Waals surface area contributed by atoms with E-state index in [4.69, 9.17) is 5.73 Å². The number of amides is 1. The molecule has 0 spiro atoms. The van der Waals surface area contributed by atoms with Gasteiger partial charge < -0.3 is 0 Å². The summed E-state index contributed by atoms with van der Waals surface area (Å²) in [6, 6.07) is 1.44. The van der Waals surface area contributed by atoms with Gasteiger partial charge in [0.1, 0.15) is 0 Å². The zero-order chi connectivity index (χ0) is 13.0. The predicted molar refractivity (Wildman–Crippen MR) is 63.7 cm³/mol. The Balaban J connectivity index is 3.39. The molecule has 1 aromatic heterocycles. The van der Waals surface area contributed by atoms with Gasteiger partial charge in [0, 0.05) is 0 Å². The van der Waals surface area contributed by atoms with Crippen LogP contribution in [0, 0.1) is 10.1 Å². The molecule has 0 fully saturated rings. The van der Waals surface area contributed by atoms with Crippen molar-refractivity contribution in [3.8, 4) is 0 Å². The normalized spacial score (nSPS) is 10.9. The number of carbonyl (C=O) groups excluding carboxylic acids is 1. The summed E-state index contributed by atoms with van der Waals surface area (Å²) in [5.41, 5.74) is 5.85. The number of nitrogens with zero attached hydrogens (tertiary/aromatic N) is 1. The number of thiophene rings is 1. The van der Waals surface area contributed by atoms with Crippen LogP contribution in [-0.2, 0) is 19.4 Å². The van der Waals surface area contributed by atoms with Crippen molar-refractivity contribution in [3.05, 3.63) is 45.4 Å². The number of nitrogens with two attached hydrogens (primary N) is 1. The van der Waals surface area contributed by atoms with Gasteiger partial charge in [0.05, 0.1) is 0 Å². The maximum absolute atomic E-state index is 11.1. The standard InChI is InChI=1S/C10H8N2O3S.W/c1-3-4-6(2)8-5-7(9(11)13)10(16-8)12(14)15;/h2-5H,1H2,(H2,11,13);/b6-4+;. The minimum absolute atomic E-state index is 0.0539. The molecule has 0 radical (unpaired) electrons. The van der Waals surface area contributed by atoms with Gasteiger partial charge in [-0.3, -0.25) is 0 Å². The van der Waals surface area contributed by atoms with E-state index in [1.165, 1.54) is 25.4 Å². The summed E-state index contributed by atoms with van der Waals surface area (Å²) in [5, 5.41) is 10.5. The average molecular weight is 420 g/mol. The Labute approximate surface area is 112 Å². The third-order valence-electron chi connectivity index (χ3n) is 1.85. The molecule has 1 amide bonds. The van der Waals surface area contributed by atoms with Gasteiger partial charge in [-0.2, -0.15) is 0 Å². The fourth-order valence-electron chi connectivity index (χ4n) is 1.14. The zero-order valence-electron chi connectivity index (χ0n) is 8.58. The van der Waals surface area contributed by atoms with Gasteiger partial charge in [-0.1, -0.05) is 0 Å². The molecular formula is C10H8N2O3SW. The summed E-state index contributed by atoms with van der Waals surface area (Å²) in [6.45, 7) is 3.57. The molecule has 0 aromatic carbocycles. The van der Waals surface area contributed by atoms with E-state index in [9.17, 15) is 14.9 Å². The summed E-state index contributed by atoms with van der Waals surface area (Å²) in [5.74, 6) is -0.791. The second-order valence-electron chi connectivity index (χ2n) is 2.93. The molecule has 1 rings (SSSR count). The van der Waals surface area contributed by atoms with Gasteiger partial charge in [0.2, 0.25) is 0 Å². The van der Waals surface area contributed by atoms with Crippen LogP contribution in [0.4, 0.5) is 5.00 Å². The van der Waals surface area contributed by atoms with E-state index < -0.39 is 10.8 Å². The number of hydrogen-bond donors (Lipinski definition) is 1. The van der Waals surface area contributed by atoms with Crippen molar-refractivity contribution in [1.29, 1.82) is 0 Å². The van der Waals surface area contributed by atoms with Crippen LogP contribution in [0.1, 0.15) is 15.2 Å². The molecule has 1 heterocycles. The number of primary amides is 1. The van der Waals surface area contributed by atoms with Crippen LogP contribution in [0.5, 0.6) is 0 Å². The summed E-state index contributed by atoms with van der Waals surface area (Å²) in [6.07, 6.45) is 3.32. The monoisotopic (exact) mass is 420 g/mol. The van der Waals surface area contributed by atoms with Crippen molar-refractivity contribution in [2.75, 3.05) is 0 Å². The number of allylic oxidation sites excluding steroid dienone is 3. The molecule has 0 saturated carbocycles. The Kier molecular flexibility index (Phi) is 4.66. The van der Waals surface area contributed by atoms with Crippen LogP contribution in [0.2, 0.25) is 0 Å². The summed E-state index contributed by atoms with van der Waals surface area (Å²) in [4.78, 5) is 21.9. The molecule has 0 aliphatic rings. The number of carbonyl (C=O) groups is 1. The van der Waals surface area contributed by atoms with E-state index in [2.05, 4.69) is 6.58 Å². The van der Waals surface area contributed by atoms with Gasteiger partial charge in [0.15, 0.2) is 0 Å². The van der Waals surface area contributed by atoms with Crippen LogP contribution < -0.4 is 5.73 Å². The Morgan fingerprint density at radius 1 is 1.65 bits per heavy atom. The Hall–Kier alpha value is -1.39. The molecule has 0 aliphatic heterocycles. The molecule has 17 heavy (non-hydrogen) atoms. The SMILES string of the molecule is C=C/C=C(\[CH]=[W])c1cc(C(N)=O)c([N+](=O)[O-])s1. The molecule has 0 unspecified atom stereocenters. The van der Waals surface area contributed by atoms with E-state index in [0.717, 1.165) is 16.9 Å². The van der Waals surface area contributed by atoms with E-state index in [1.807, 2.05) is 4.40 Å². The van der Waals surface area contributed by atoms with Crippen molar-refractivity contribution in [1.82, 2.24) is 0 Å². The number of nitro groups is 1. The molecule has 7 heteroatoms. The molecule has 2 N–H and O–H groups in total. The topological polar surface area (TPSA) is 86.2 Å². The van der Waals surface area contributed by atoms with Crippen molar-refractivity contribution in [2.45, 2.75) is 0 Å². The summed E-state index contributed by atoms with van der Waals surface area (Å²) in [7, 11) is 0. The fraction of sp³-hybridized carbons (Fsp3) is 0.